The zero-order valence-corrected chi connectivity index (χ0v) is 13.1. The highest BCUT2D eigenvalue weighted by atomic mass is 16.5. The molecule has 2 rings (SSSR count). The SMILES string of the molecule is CCOC(=O)C1=C(C)N(N)C(=O)N[C@H]1c1ccc(O)c(OC)c1. The van der Waals surface area contributed by atoms with E-state index in [9.17, 15) is 14.7 Å². The Kier molecular flexibility index (Phi) is 4.75. The average Bonchev–Trinajstić information content (AvgIpc) is 2.53. The van der Waals surface area contributed by atoms with Gasteiger partial charge in [0, 0.05) is 5.70 Å². The Morgan fingerprint density at radius 1 is 1.48 bits per heavy atom. The predicted octanol–water partition coefficient (Wildman–Crippen LogP) is 1.18. The zero-order chi connectivity index (χ0) is 17.1. The Morgan fingerprint density at radius 2 is 2.17 bits per heavy atom. The van der Waals surface area contributed by atoms with Gasteiger partial charge < -0.3 is 19.9 Å². The van der Waals surface area contributed by atoms with E-state index < -0.39 is 18.0 Å². The molecule has 1 heterocycles. The van der Waals surface area contributed by atoms with Gasteiger partial charge in [0.05, 0.1) is 25.3 Å². The number of carbonyl (C=O) groups is 2. The van der Waals surface area contributed by atoms with Crippen molar-refractivity contribution in [3.8, 4) is 11.5 Å². The van der Waals surface area contributed by atoms with E-state index in [1.165, 1.54) is 13.2 Å². The monoisotopic (exact) mass is 321 g/mol. The normalized spacial score (nSPS) is 17.8. The number of allylic oxidation sites excluding steroid dienone is 1. The maximum absolute atomic E-state index is 12.3. The van der Waals surface area contributed by atoms with Crippen molar-refractivity contribution in [3.63, 3.8) is 0 Å². The Labute approximate surface area is 133 Å². The Balaban J connectivity index is 2.53. The molecule has 0 unspecified atom stereocenters. The minimum absolute atomic E-state index is 0.0442. The summed E-state index contributed by atoms with van der Waals surface area (Å²) in [6, 6.07) is 3.25. The van der Waals surface area contributed by atoms with Gasteiger partial charge in [-0.3, -0.25) is 0 Å². The number of nitrogens with zero attached hydrogens (tertiary/aromatic N) is 1. The molecule has 8 heteroatoms. The summed E-state index contributed by atoms with van der Waals surface area (Å²) < 4.78 is 10.1. The van der Waals surface area contributed by atoms with E-state index >= 15 is 0 Å². The van der Waals surface area contributed by atoms with E-state index in [1.807, 2.05) is 0 Å². The lowest BCUT2D eigenvalue weighted by Gasteiger charge is -2.32. The maximum Gasteiger partial charge on any atom is 0.338 e. The number of nitrogens with two attached hydrogens (primary N) is 1. The zero-order valence-electron chi connectivity index (χ0n) is 13.1. The number of phenolic OH excluding ortho intramolecular Hbond substituents is 1. The fourth-order valence-electron chi connectivity index (χ4n) is 2.35. The van der Waals surface area contributed by atoms with E-state index in [-0.39, 0.29) is 23.7 Å². The number of phenols is 1. The number of aromatic hydroxyl groups is 1. The van der Waals surface area contributed by atoms with Crippen molar-refractivity contribution in [2.45, 2.75) is 19.9 Å². The van der Waals surface area contributed by atoms with Crippen LogP contribution in [0.25, 0.3) is 0 Å². The molecule has 0 aromatic heterocycles. The molecule has 0 fully saturated rings. The van der Waals surface area contributed by atoms with Gasteiger partial charge in [-0.15, -0.1) is 0 Å². The summed E-state index contributed by atoms with van der Waals surface area (Å²) in [5.74, 6) is 5.27. The van der Waals surface area contributed by atoms with E-state index in [0.29, 0.717) is 11.3 Å². The van der Waals surface area contributed by atoms with Crippen LogP contribution in [0.1, 0.15) is 25.5 Å². The Bertz CT molecular complexity index is 671. The molecule has 1 aliphatic heterocycles. The topological polar surface area (TPSA) is 114 Å². The summed E-state index contributed by atoms with van der Waals surface area (Å²) in [7, 11) is 1.41. The van der Waals surface area contributed by atoms with Crippen LogP contribution in [-0.2, 0) is 9.53 Å². The van der Waals surface area contributed by atoms with Crippen molar-refractivity contribution in [2.24, 2.45) is 5.84 Å². The van der Waals surface area contributed by atoms with Gasteiger partial charge in [-0.25, -0.2) is 20.4 Å². The molecule has 8 nitrogen and oxygen atoms in total. The van der Waals surface area contributed by atoms with E-state index in [4.69, 9.17) is 15.3 Å². The third-order valence-electron chi connectivity index (χ3n) is 3.56. The number of ether oxygens (including phenoxy) is 2. The summed E-state index contributed by atoms with van der Waals surface area (Å²) in [5.41, 5.74) is 1.08. The first-order valence-electron chi connectivity index (χ1n) is 7.00. The van der Waals surface area contributed by atoms with Crippen LogP contribution in [0, 0.1) is 0 Å². The van der Waals surface area contributed by atoms with Gasteiger partial charge in [0.15, 0.2) is 11.5 Å². The van der Waals surface area contributed by atoms with E-state index in [2.05, 4.69) is 5.32 Å². The van der Waals surface area contributed by atoms with Crippen molar-refractivity contribution in [3.05, 3.63) is 35.0 Å². The molecule has 0 spiro atoms. The number of hydrogen-bond acceptors (Lipinski definition) is 6. The number of urea groups is 1. The third-order valence-corrected chi connectivity index (χ3v) is 3.56. The number of hydrazine groups is 1. The van der Waals surface area contributed by atoms with Crippen LogP contribution in [-0.4, -0.2) is 35.8 Å². The fraction of sp³-hybridized carbons (Fsp3) is 0.333. The lowest BCUT2D eigenvalue weighted by molar-refractivity contribution is -0.139. The summed E-state index contributed by atoms with van der Waals surface area (Å²) in [6.07, 6.45) is 0. The number of hydrogen-bond donors (Lipinski definition) is 3. The molecule has 124 valence electrons. The quantitative estimate of drug-likeness (QED) is 0.436. The smallest absolute Gasteiger partial charge is 0.338 e. The van der Waals surface area contributed by atoms with Crippen molar-refractivity contribution in [1.82, 2.24) is 10.3 Å². The van der Waals surface area contributed by atoms with Gasteiger partial charge in [0.2, 0.25) is 0 Å². The standard InChI is InChI=1S/C15H19N3O5/c1-4-23-14(20)12-8(2)18(16)15(21)17-13(12)9-5-6-10(19)11(7-9)22-3/h5-7,13,19H,4,16H2,1-3H3,(H,17,21)/t13-/m0/s1. The van der Waals surface area contributed by atoms with Crippen LogP contribution in [0.4, 0.5) is 4.79 Å². The van der Waals surface area contributed by atoms with Crippen LogP contribution in [0.15, 0.2) is 29.5 Å². The first kappa shape index (κ1) is 16.6. The third kappa shape index (κ3) is 3.07. The lowest BCUT2D eigenvalue weighted by atomic mass is 9.95. The van der Waals surface area contributed by atoms with Gasteiger partial charge in [-0.2, -0.15) is 0 Å². The van der Waals surface area contributed by atoms with Crippen LogP contribution in [0.2, 0.25) is 0 Å². The molecule has 0 radical (unpaired) electrons. The number of benzene rings is 1. The molecule has 0 bridgehead atoms. The van der Waals surface area contributed by atoms with Crippen LogP contribution < -0.4 is 15.9 Å². The molecular formula is C15H19N3O5. The number of esters is 1. The number of rotatable bonds is 4. The van der Waals surface area contributed by atoms with Crippen LogP contribution >= 0.6 is 0 Å². The first-order chi connectivity index (χ1) is 10.9. The van der Waals surface area contributed by atoms with Crippen LogP contribution in [0.5, 0.6) is 11.5 Å². The van der Waals surface area contributed by atoms with Crippen molar-refractivity contribution in [2.75, 3.05) is 13.7 Å². The molecule has 1 aromatic rings. The molecular weight excluding hydrogens is 302 g/mol. The molecule has 0 saturated heterocycles. The predicted molar refractivity (Wildman–Crippen MR) is 81.3 cm³/mol. The molecule has 4 N–H and O–H groups in total. The van der Waals surface area contributed by atoms with Gasteiger partial charge >= 0.3 is 12.0 Å². The van der Waals surface area contributed by atoms with Crippen molar-refractivity contribution >= 4 is 12.0 Å². The second-order valence-corrected chi connectivity index (χ2v) is 4.90. The maximum atomic E-state index is 12.3. The van der Waals surface area contributed by atoms with Gasteiger partial charge in [-0.1, -0.05) is 6.07 Å². The van der Waals surface area contributed by atoms with E-state index in [0.717, 1.165) is 5.01 Å². The summed E-state index contributed by atoms with van der Waals surface area (Å²) in [6.45, 7) is 3.45. The Morgan fingerprint density at radius 3 is 2.78 bits per heavy atom. The fourth-order valence-corrected chi connectivity index (χ4v) is 2.35. The number of methoxy groups -OCH3 is 1. The minimum atomic E-state index is -0.754. The molecule has 23 heavy (non-hydrogen) atoms. The number of amides is 2. The van der Waals surface area contributed by atoms with Crippen molar-refractivity contribution < 1.29 is 24.2 Å². The minimum Gasteiger partial charge on any atom is -0.504 e. The van der Waals surface area contributed by atoms with Crippen LogP contribution in [0.3, 0.4) is 0 Å². The van der Waals surface area contributed by atoms with Gasteiger partial charge in [0.25, 0.3) is 0 Å². The molecule has 0 aliphatic carbocycles. The second kappa shape index (κ2) is 6.57. The first-order valence-corrected chi connectivity index (χ1v) is 7.00. The molecule has 2 amide bonds. The molecule has 1 aromatic carbocycles. The highest BCUT2D eigenvalue weighted by Crippen LogP contribution is 2.34. The summed E-state index contributed by atoms with van der Waals surface area (Å²) in [5, 5.41) is 13.2. The van der Waals surface area contributed by atoms with E-state index in [1.54, 1.807) is 26.0 Å². The summed E-state index contributed by atoms with van der Waals surface area (Å²) >= 11 is 0. The van der Waals surface area contributed by atoms with Crippen molar-refractivity contribution in [1.29, 1.82) is 0 Å². The number of nitrogens with one attached hydrogen (secondary N) is 1. The molecule has 0 saturated carbocycles. The van der Waals surface area contributed by atoms with Gasteiger partial charge in [-0.05, 0) is 31.5 Å². The highest BCUT2D eigenvalue weighted by Gasteiger charge is 2.35. The lowest BCUT2D eigenvalue weighted by Crippen LogP contribution is -2.51. The second-order valence-electron chi connectivity index (χ2n) is 4.90. The average molecular weight is 321 g/mol. The van der Waals surface area contributed by atoms with Gasteiger partial charge in [0.1, 0.15) is 0 Å². The molecule has 1 atom stereocenters. The highest BCUT2D eigenvalue weighted by molar-refractivity contribution is 5.94. The number of carbonyl (C=O) groups excluding carboxylic acids is 2. The summed E-state index contributed by atoms with van der Waals surface area (Å²) in [4.78, 5) is 24.2. The Hall–Kier alpha value is -2.74. The largest absolute Gasteiger partial charge is 0.504 e. The molecule has 1 aliphatic rings.